The van der Waals surface area contributed by atoms with Crippen LogP contribution in [0, 0.1) is 0 Å². The van der Waals surface area contributed by atoms with Crippen LogP contribution in [-0.2, 0) is 6.42 Å². The van der Waals surface area contributed by atoms with Gasteiger partial charge in [-0.1, -0.05) is 11.3 Å². The summed E-state index contributed by atoms with van der Waals surface area (Å²) in [5.41, 5.74) is 3.83. The molecule has 164 valence electrons. The van der Waals surface area contributed by atoms with Crippen LogP contribution in [0.25, 0.3) is 16.9 Å². The van der Waals surface area contributed by atoms with Gasteiger partial charge in [-0.25, -0.2) is 4.98 Å². The zero-order valence-electron chi connectivity index (χ0n) is 18.1. The van der Waals surface area contributed by atoms with Crippen molar-refractivity contribution in [3.63, 3.8) is 0 Å². The minimum Gasteiger partial charge on any atom is -0.490 e. The van der Waals surface area contributed by atoms with E-state index in [-0.39, 0.29) is 5.91 Å². The van der Waals surface area contributed by atoms with Crippen molar-refractivity contribution in [3.05, 3.63) is 71.9 Å². The van der Waals surface area contributed by atoms with Gasteiger partial charge < -0.3 is 14.8 Å². The minimum atomic E-state index is -0.130. The first-order valence-corrected chi connectivity index (χ1v) is 10.6. The van der Waals surface area contributed by atoms with Crippen LogP contribution >= 0.6 is 0 Å². The highest BCUT2D eigenvalue weighted by Crippen LogP contribution is 2.28. The average Bonchev–Trinajstić information content (AvgIpc) is 3.25. The van der Waals surface area contributed by atoms with Gasteiger partial charge in [0.2, 0.25) is 0 Å². The average molecular weight is 431 g/mol. The number of carbonyl (C=O) groups is 1. The predicted molar refractivity (Wildman–Crippen MR) is 121 cm³/mol. The van der Waals surface area contributed by atoms with Gasteiger partial charge in [0.15, 0.2) is 17.1 Å². The van der Waals surface area contributed by atoms with Gasteiger partial charge in [-0.05, 0) is 74.4 Å². The lowest BCUT2D eigenvalue weighted by Gasteiger charge is -2.12. The Balaban J connectivity index is 1.37. The Morgan fingerprint density at radius 1 is 1.00 bits per heavy atom. The number of carbonyl (C=O) groups excluding carboxylic acids is 1. The van der Waals surface area contributed by atoms with Gasteiger partial charge in [-0.2, -0.15) is 4.68 Å². The van der Waals surface area contributed by atoms with E-state index in [1.165, 1.54) is 0 Å². The third kappa shape index (κ3) is 4.69. The Kier molecular flexibility index (Phi) is 6.60. The minimum absolute atomic E-state index is 0.130. The molecule has 0 spiro atoms. The number of fused-ring (bicyclic) bond motifs is 1. The summed E-state index contributed by atoms with van der Waals surface area (Å²) in [6.45, 7) is 5.54. The van der Waals surface area contributed by atoms with E-state index in [9.17, 15) is 4.79 Å². The first-order chi connectivity index (χ1) is 15.7. The Bertz CT molecular complexity index is 1200. The van der Waals surface area contributed by atoms with E-state index in [2.05, 4.69) is 20.6 Å². The monoisotopic (exact) mass is 431 g/mol. The molecule has 0 aliphatic rings. The number of aromatic nitrogens is 4. The summed E-state index contributed by atoms with van der Waals surface area (Å²) < 4.78 is 12.9. The second-order valence-corrected chi connectivity index (χ2v) is 7.05. The third-order valence-electron chi connectivity index (χ3n) is 4.89. The molecule has 1 amide bonds. The normalized spacial score (nSPS) is 10.8. The third-order valence-corrected chi connectivity index (χ3v) is 4.89. The molecular weight excluding hydrogens is 406 g/mol. The van der Waals surface area contributed by atoms with Gasteiger partial charge in [0.1, 0.15) is 5.52 Å². The van der Waals surface area contributed by atoms with Gasteiger partial charge in [0, 0.05) is 18.3 Å². The smallest absolute Gasteiger partial charge is 0.251 e. The molecule has 1 N–H and O–H groups in total. The van der Waals surface area contributed by atoms with E-state index in [0.717, 1.165) is 28.3 Å². The van der Waals surface area contributed by atoms with Crippen LogP contribution < -0.4 is 14.8 Å². The maximum atomic E-state index is 12.6. The lowest BCUT2D eigenvalue weighted by atomic mass is 10.1. The SMILES string of the molecule is CCOc1ccc(CCNC(=O)c2ccc(-n3nnc4cccnc43)cc2)cc1OCC. The highest BCUT2D eigenvalue weighted by molar-refractivity contribution is 5.94. The van der Waals surface area contributed by atoms with Crippen LogP contribution in [0.1, 0.15) is 29.8 Å². The maximum absolute atomic E-state index is 12.6. The van der Waals surface area contributed by atoms with E-state index in [0.29, 0.717) is 37.4 Å². The number of nitrogens with one attached hydrogen (secondary N) is 1. The number of amides is 1. The summed E-state index contributed by atoms with van der Waals surface area (Å²) >= 11 is 0. The van der Waals surface area contributed by atoms with Crippen molar-refractivity contribution >= 4 is 17.1 Å². The maximum Gasteiger partial charge on any atom is 0.251 e. The predicted octanol–water partition coefficient (Wildman–Crippen LogP) is 3.59. The van der Waals surface area contributed by atoms with Gasteiger partial charge >= 0.3 is 0 Å². The fraction of sp³-hybridized carbons (Fsp3) is 0.250. The molecule has 8 heteroatoms. The number of pyridine rings is 1. The quantitative estimate of drug-likeness (QED) is 0.436. The highest BCUT2D eigenvalue weighted by atomic mass is 16.5. The molecule has 0 fully saturated rings. The standard InChI is InChI=1S/C24H25N5O3/c1-3-31-21-12-7-17(16-22(21)32-4-2)13-15-26-24(30)18-8-10-19(11-9-18)29-23-20(27-28-29)6-5-14-25-23/h5-12,14,16H,3-4,13,15H2,1-2H3,(H,26,30). The summed E-state index contributed by atoms with van der Waals surface area (Å²) in [4.78, 5) is 16.9. The van der Waals surface area contributed by atoms with Gasteiger partial charge in [-0.15, -0.1) is 5.10 Å². The van der Waals surface area contributed by atoms with Crippen LogP contribution in [0.3, 0.4) is 0 Å². The molecular formula is C24H25N5O3. The van der Waals surface area contributed by atoms with Gasteiger partial charge in [-0.3, -0.25) is 4.79 Å². The summed E-state index contributed by atoms with van der Waals surface area (Å²) in [6.07, 6.45) is 2.39. The van der Waals surface area contributed by atoms with Crippen molar-refractivity contribution in [3.8, 4) is 17.2 Å². The van der Waals surface area contributed by atoms with Crippen LogP contribution in [0.5, 0.6) is 11.5 Å². The molecule has 32 heavy (non-hydrogen) atoms. The molecule has 2 aromatic heterocycles. The van der Waals surface area contributed by atoms with Crippen molar-refractivity contribution < 1.29 is 14.3 Å². The number of benzene rings is 2. The lowest BCUT2D eigenvalue weighted by Crippen LogP contribution is -2.25. The van der Waals surface area contributed by atoms with E-state index in [1.807, 2.05) is 56.3 Å². The molecule has 0 aliphatic heterocycles. The van der Waals surface area contributed by atoms with Crippen LogP contribution in [0.2, 0.25) is 0 Å². The lowest BCUT2D eigenvalue weighted by molar-refractivity contribution is 0.0954. The topological polar surface area (TPSA) is 91.2 Å². The molecule has 0 saturated heterocycles. The molecule has 0 radical (unpaired) electrons. The number of hydrogen-bond donors (Lipinski definition) is 1. The van der Waals surface area contributed by atoms with E-state index < -0.39 is 0 Å². The number of hydrogen-bond acceptors (Lipinski definition) is 6. The molecule has 2 heterocycles. The van der Waals surface area contributed by atoms with Crippen molar-refractivity contribution in [2.75, 3.05) is 19.8 Å². The second-order valence-electron chi connectivity index (χ2n) is 7.05. The molecule has 0 bridgehead atoms. The van der Waals surface area contributed by atoms with Crippen LogP contribution in [0.15, 0.2) is 60.8 Å². The first kappa shape index (κ1) is 21.3. The van der Waals surface area contributed by atoms with Crippen molar-refractivity contribution in [2.45, 2.75) is 20.3 Å². The second kappa shape index (κ2) is 9.91. The molecule has 2 aromatic carbocycles. The molecule has 0 atom stereocenters. The van der Waals surface area contributed by atoms with Crippen molar-refractivity contribution in [1.29, 1.82) is 0 Å². The largest absolute Gasteiger partial charge is 0.490 e. The number of nitrogens with zero attached hydrogens (tertiary/aromatic N) is 4. The Labute approximate surface area is 186 Å². The molecule has 4 aromatic rings. The van der Waals surface area contributed by atoms with E-state index in [4.69, 9.17) is 9.47 Å². The summed E-state index contributed by atoms with van der Waals surface area (Å²) in [5.74, 6) is 1.33. The molecule has 0 unspecified atom stereocenters. The Hall–Kier alpha value is -3.94. The zero-order chi connectivity index (χ0) is 22.3. The highest BCUT2D eigenvalue weighted by Gasteiger charge is 2.10. The van der Waals surface area contributed by atoms with Gasteiger partial charge in [0.25, 0.3) is 5.91 Å². The molecule has 8 nitrogen and oxygen atoms in total. The van der Waals surface area contributed by atoms with E-state index in [1.54, 1.807) is 23.0 Å². The number of rotatable bonds is 9. The fourth-order valence-corrected chi connectivity index (χ4v) is 3.37. The fourth-order valence-electron chi connectivity index (χ4n) is 3.37. The molecule has 0 saturated carbocycles. The zero-order valence-corrected chi connectivity index (χ0v) is 18.1. The van der Waals surface area contributed by atoms with E-state index >= 15 is 0 Å². The first-order valence-electron chi connectivity index (χ1n) is 10.6. The summed E-state index contributed by atoms with van der Waals surface area (Å²) in [6, 6.07) is 16.7. The van der Waals surface area contributed by atoms with Crippen LogP contribution in [-0.4, -0.2) is 45.6 Å². The van der Waals surface area contributed by atoms with Crippen LogP contribution in [0.4, 0.5) is 0 Å². The molecule has 0 aliphatic carbocycles. The Morgan fingerprint density at radius 3 is 2.56 bits per heavy atom. The molecule has 4 rings (SSSR count). The van der Waals surface area contributed by atoms with Gasteiger partial charge in [0.05, 0.1) is 18.9 Å². The summed E-state index contributed by atoms with van der Waals surface area (Å²) in [5, 5.41) is 11.2. The number of ether oxygens (including phenoxy) is 2. The van der Waals surface area contributed by atoms with Crippen molar-refractivity contribution in [2.24, 2.45) is 0 Å². The van der Waals surface area contributed by atoms with Crippen molar-refractivity contribution in [1.82, 2.24) is 25.3 Å². The Morgan fingerprint density at radius 2 is 1.78 bits per heavy atom. The summed E-state index contributed by atoms with van der Waals surface area (Å²) in [7, 11) is 0.